The van der Waals surface area contributed by atoms with Gasteiger partial charge in [-0.25, -0.2) is 0 Å². The molecule has 0 amide bonds. The summed E-state index contributed by atoms with van der Waals surface area (Å²) in [6, 6.07) is 22.0. The fourth-order valence-electron chi connectivity index (χ4n) is 2.51. The third-order valence-corrected chi connectivity index (χ3v) is 6.03. The molecule has 0 unspecified atom stereocenters. The van der Waals surface area contributed by atoms with E-state index in [2.05, 4.69) is 67.1 Å². The molecule has 18 heavy (non-hydrogen) atoms. The minimum absolute atomic E-state index is 0.267. The van der Waals surface area contributed by atoms with Crippen LogP contribution in [0.1, 0.15) is 19.3 Å². The van der Waals surface area contributed by atoms with Gasteiger partial charge in [0.25, 0.3) is 0 Å². The molecule has 2 aromatic rings. The summed E-state index contributed by atoms with van der Waals surface area (Å²) in [5.74, 6) is 0. The fraction of sp³-hybridized carbons (Fsp3) is 0.176. The Morgan fingerprint density at radius 1 is 0.722 bits per heavy atom. The molecule has 0 aromatic heterocycles. The quantitative estimate of drug-likeness (QED) is 0.723. The highest BCUT2D eigenvalue weighted by Gasteiger charge is 2.27. The second-order valence-electron chi connectivity index (χ2n) is 4.60. The van der Waals surface area contributed by atoms with Gasteiger partial charge in [-0.15, -0.1) is 0 Å². The molecule has 1 saturated carbocycles. The molecule has 0 aliphatic heterocycles. The molecule has 2 aromatic carbocycles. The van der Waals surface area contributed by atoms with Gasteiger partial charge < -0.3 is 0 Å². The molecule has 90 valence electrons. The predicted molar refractivity (Wildman–Crippen MR) is 80.5 cm³/mol. The van der Waals surface area contributed by atoms with Gasteiger partial charge in [0, 0.05) is 5.66 Å². The summed E-state index contributed by atoms with van der Waals surface area (Å²) in [4.78, 5) is 0. The van der Waals surface area contributed by atoms with Crippen molar-refractivity contribution in [1.82, 2.24) is 0 Å². The lowest BCUT2D eigenvalue weighted by Crippen LogP contribution is -2.15. The molecule has 0 N–H and O–H groups in total. The van der Waals surface area contributed by atoms with Crippen molar-refractivity contribution in [3.8, 4) is 0 Å². The molecule has 0 atom stereocenters. The molecule has 2 radical (unpaired) electrons. The summed E-state index contributed by atoms with van der Waals surface area (Å²) in [7, 11) is -0.267. The predicted octanol–water partition coefficient (Wildman–Crippen LogP) is 4.04. The van der Waals surface area contributed by atoms with Gasteiger partial charge in [0.05, 0.1) is 0 Å². The minimum atomic E-state index is -0.267. The average molecular weight is 252 g/mol. The largest absolute Gasteiger partial charge is 0.0622 e. The molecule has 0 nitrogen and oxygen atoms in total. The van der Waals surface area contributed by atoms with E-state index < -0.39 is 0 Å². The molecule has 1 aliphatic carbocycles. The second-order valence-corrected chi connectivity index (χ2v) is 6.94. The first kappa shape index (κ1) is 11.9. The number of hydrogen-bond donors (Lipinski definition) is 0. The van der Waals surface area contributed by atoms with Gasteiger partial charge in [0.15, 0.2) is 0 Å². The number of benzene rings is 2. The van der Waals surface area contributed by atoms with Crippen LogP contribution in [-0.4, -0.2) is 0 Å². The van der Waals surface area contributed by atoms with Crippen molar-refractivity contribution in [3.05, 3.63) is 72.7 Å². The van der Waals surface area contributed by atoms with Crippen LogP contribution < -0.4 is 10.6 Å². The summed E-state index contributed by atoms with van der Waals surface area (Å²) in [5.41, 5.74) is 1.72. The van der Waals surface area contributed by atoms with Crippen molar-refractivity contribution >= 4 is 18.5 Å². The Kier molecular flexibility index (Phi) is 3.76. The first-order chi connectivity index (χ1) is 8.95. The molecule has 1 aliphatic rings. The van der Waals surface area contributed by atoms with E-state index >= 15 is 0 Å². The maximum atomic E-state index is 2.43. The Morgan fingerprint density at radius 3 is 1.72 bits per heavy atom. The van der Waals surface area contributed by atoms with Gasteiger partial charge in [0.1, 0.15) is 0 Å². The Labute approximate surface area is 111 Å². The summed E-state index contributed by atoms with van der Waals surface area (Å²) in [6.07, 6.45) is 6.16. The highest BCUT2D eigenvalue weighted by atomic mass is 31.1. The Morgan fingerprint density at radius 2 is 1.28 bits per heavy atom. The van der Waals surface area contributed by atoms with E-state index in [0.717, 1.165) is 0 Å². The lowest BCUT2D eigenvalue weighted by atomic mass is 10.3. The van der Waals surface area contributed by atoms with Crippen molar-refractivity contribution in [1.29, 1.82) is 0 Å². The highest BCUT2D eigenvalue weighted by molar-refractivity contribution is 7.75. The lowest BCUT2D eigenvalue weighted by Gasteiger charge is -2.24. The molecule has 0 saturated heterocycles. The average Bonchev–Trinajstić information content (AvgIpc) is 2.95. The van der Waals surface area contributed by atoms with E-state index in [1.54, 1.807) is 5.66 Å². The summed E-state index contributed by atoms with van der Waals surface area (Å²) < 4.78 is 0. The van der Waals surface area contributed by atoms with Crippen molar-refractivity contribution in [3.63, 3.8) is 0 Å². The minimum Gasteiger partial charge on any atom is -0.0622 e. The van der Waals surface area contributed by atoms with Crippen LogP contribution >= 0.6 is 7.92 Å². The van der Waals surface area contributed by atoms with E-state index in [1.165, 1.54) is 29.9 Å². The van der Waals surface area contributed by atoms with Crippen LogP contribution in [0.4, 0.5) is 0 Å². The van der Waals surface area contributed by atoms with Crippen LogP contribution in [0.15, 0.2) is 60.7 Å². The van der Waals surface area contributed by atoms with Crippen LogP contribution in [0.2, 0.25) is 0 Å². The monoisotopic (exact) mass is 252 g/mol. The highest BCUT2D eigenvalue weighted by Crippen LogP contribution is 2.52. The zero-order valence-electron chi connectivity index (χ0n) is 10.4. The Hall–Kier alpha value is -1.13. The molecule has 0 bridgehead atoms. The first-order valence-electron chi connectivity index (χ1n) is 6.52. The van der Waals surface area contributed by atoms with Crippen molar-refractivity contribution in [2.75, 3.05) is 0 Å². The van der Waals surface area contributed by atoms with Gasteiger partial charge >= 0.3 is 0 Å². The zero-order valence-corrected chi connectivity index (χ0v) is 11.3. The van der Waals surface area contributed by atoms with Crippen molar-refractivity contribution < 1.29 is 0 Å². The fourth-order valence-corrected chi connectivity index (χ4v) is 5.14. The maximum Gasteiger partial charge on any atom is 0.00901 e. The molecular weight excluding hydrogens is 235 g/mol. The zero-order chi connectivity index (χ0) is 12.2. The number of hydrogen-bond acceptors (Lipinski definition) is 0. The van der Waals surface area contributed by atoms with Crippen molar-refractivity contribution in [2.24, 2.45) is 0 Å². The van der Waals surface area contributed by atoms with Crippen LogP contribution in [0.25, 0.3) is 0 Å². The van der Waals surface area contributed by atoms with Gasteiger partial charge in [-0.1, -0.05) is 60.7 Å². The van der Waals surface area contributed by atoms with Gasteiger partial charge in [-0.3, -0.25) is 0 Å². The first-order valence-corrected chi connectivity index (χ1v) is 7.86. The van der Waals surface area contributed by atoms with E-state index in [9.17, 15) is 0 Å². The summed E-state index contributed by atoms with van der Waals surface area (Å²) in [6.45, 7) is 0. The molecular formula is C17H17P. The van der Waals surface area contributed by atoms with Crippen LogP contribution in [0.3, 0.4) is 0 Å². The third-order valence-electron chi connectivity index (χ3n) is 3.36. The van der Waals surface area contributed by atoms with Crippen LogP contribution in [-0.2, 0) is 0 Å². The molecule has 1 heteroatoms. The van der Waals surface area contributed by atoms with Gasteiger partial charge in [0.2, 0.25) is 0 Å². The third kappa shape index (κ3) is 2.49. The topological polar surface area (TPSA) is 0 Å². The van der Waals surface area contributed by atoms with E-state index in [0.29, 0.717) is 0 Å². The molecule has 0 spiro atoms. The van der Waals surface area contributed by atoms with Crippen molar-refractivity contribution in [2.45, 2.75) is 19.3 Å². The molecule has 0 heterocycles. The summed E-state index contributed by atoms with van der Waals surface area (Å²) in [5, 5.41) is 2.98. The van der Waals surface area contributed by atoms with Crippen LogP contribution in [0, 0.1) is 12.1 Å². The normalized spacial score (nSPS) is 16.3. The molecule has 1 fully saturated rings. The Balaban J connectivity index is 1.98. The summed E-state index contributed by atoms with van der Waals surface area (Å²) >= 11 is 0. The lowest BCUT2D eigenvalue weighted by molar-refractivity contribution is 1.03. The van der Waals surface area contributed by atoms with Gasteiger partial charge in [-0.05, 0) is 44.2 Å². The molecule has 3 rings (SSSR count). The Bertz CT molecular complexity index is 432. The SMILES string of the molecule is [CH]1CC[C](P(c2ccccc2)c2ccccc2)C1. The van der Waals surface area contributed by atoms with Crippen LogP contribution in [0.5, 0.6) is 0 Å². The second kappa shape index (κ2) is 5.67. The van der Waals surface area contributed by atoms with E-state index in [1.807, 2.05) is 0 Å². The smallest absolute Gasteiger partial charge is 0.00901 e. The van der Waals surface area contributed by atoms with E-state index in [4.69, 9.17) is 0 Å². The van der Waals surface area contributed by atoms with Gasteiger partial charge in [-0.2, -0.15) is 0 Å². The van der Waals surface area contributed by atoms with E-state index in [-0.39, 0.29) is 7.92 Å². The standard InChI is InChI=1S/C17H17P/c1-3-9-15(10-4-1)18(17-13-7-8-14-17)16-11-5-2-6-12-16/h1-7,9-12H,8,13-14H2. The number of rotatable bonds is 3. The maximum absolute atomic E-state index is 2.43.